The van der Waals surface area contributed by atoms with Crippen LogP contribution in [0.25, 0.3) is 0 Å². The van der Waals surface area contributed by atoms with Crippen LogP contribution in [0.5, 0.6) is 0 Å². The van der Waals surface area contributed by atoms with Gasteiger partial charge in [-0.2, -0.15) is 5.10 Å². The van der Waals surface area contributed by atoms with Crippen LogP contribution in [-0.2, 0) is 11.3 Å². The number of benzene rings is 1. The van der Waals surface area contributed by atoms with Crippen molar-refractivity contribution in [3.05, 3.63) is 51.8 Å². The molecule has 0 atom stereocenters. The van der Waals surface area contributed by atoms with Crippen molar-refractivity contribution >= 4 is 29.0 Å². The van der Waals surface area contributed by atoms with E-state index in [0.29, 0.717) is 16.9 Å². The van der Waals surface area contributed by atoms with Crippen LogP contribution >= 0.6 is 11.6 Å². The molecule has 2 heterocycles. The van der Waals surface area contributed by atoms with Gasteiger partial charge in [0, 0.05) is 0 Å². The van der Waals surface area contributed by atoms with E-state index in [-0.39, 0.29) is 11.7 Å². The highest BCUT2D eigenvalue weighted by Gasteiger charge is 2.37. The summed E-state index contributed by atoms with van der Waals surface area (Å²) >= 11 is 5.70. The molecule has 1 aromatic heterocycles. The van der Waals surface area contributed by atoms with Crippen molar-refractivity contribution < 1.29 is 9.59 Å². The first-order chi connectivity index (χ1) is 9.99. The zero-order valence-corrected chi connectivity index (χ0v) is 12.3. The molecule has 0 fully saturated rings. The third-order valence-corrected chi connectivity index (χ3v) is 3.86. The molecule has 0 saturated carbocycles. The van der Waals surface area contributed by atoms with Gasteiger partial charge in [-0.15, -0.1) is 5.10 Å². The normalized spacial score (nSPS) is 13.8. The lowest BCUT2D eigenvalue weighted by molar-refractivity contribution is -0.114. The molecular weight excluding hydrogens is 290 g/mol. The molecule has 1 aliphatic heterocycles. The minimum absolute atomic E-state index is 0.200. The summed E-state index contributed by atoms with van der Waals surface area (Å²) in [5.41, 5.74) is 3.65. The lowest BCUT2D eigenvalue weighted by Gasteiger charge is -2.18. The highest BCUT2D eigenvalue weighted by atomic mass is 35.5. The molecule has 0 bridgehead atoms. The van der Waals surface area contributed by atoms with Crippen LogP contribution in [-0.4, -0.2) is 21.9 Å². The molecule has 1 aromatic carbocycles. The standard InChI is InChI=1S/C15H12ClN3O2/c1-8-3-5-11-13(9(8)2)19(15(21)14(11)20)7-10-4-6-12(16)18-17-10/h3-6H,7H2,1-2H3. The molecule has 0 N–H and O–H groups in total. The van der Waals surface area contributed by atoms with E-state index in [0.717, 1.165) is 11.1 Å². The van der Waals surface area contributed by atoms with Gasteiger partial charge in [-0.1, -0.05) is 17.7 Å². The zero-order valence-electron chi connectivity index (χ0n) is 11.6. The molecular formula is C15H12ClN3O2. The summed E-state index contributed by atoms with van der Waals surface area (Å²) in [7, 11) is 0. The summed E-state index contributed by atoms with van der Waals surface area (Å²) in [4.78, 5) is 25.7. The van der Waals surface area contributed by atoms with E-state index in [2.05, 4.69) is 10.2 Å². The van der Waals surface area contributed by atoms with E-state index >= 15 is 0 Å². The molecule has 0 unspecified atom stereocenters. The van der Waals surface area contributed by atoms with E-state index in [1.165, 1.54) is 4.90 Å². The van der Waals surface area contributed by atoms with Crippen LogP contribution in [0.2, 0.25) is 5.15 Å². The summed E-state index contributed by atoms with van der Waals surface area (Å²) in [6.07, 6.45) is 0. The van der Waals surface area contributed by atoms with Gasteiger partial charge in [0.25, 0.3) is 11.7 Å². The van der Waals surface area contributed by atoms with E-state index in [4.69, 9.17) is 11.6 Å². The molecule has 6 heteroatoms. The number of anilines is 1. The largest absolute Gasteiger partial charge is 0.299 e. The Labute approximate surface area is 126 Å². The van der Waals surface area contributed by atoms with Crippen molar-refractivity contribution in [2.45, 2.75) is 20.4 Å². The number of rotatable bonds is 2. The monoisotopic (exact) mass is 301 g/mol. The Kier molecular flexibility index (Phi) is 3.22. The number of ketones is 1. The minimum atomic E-state index is -0.532. The second-order valence-electron chi connectivity index (χ2n) is 4.97. The number of aromatic nitrogens is 2. The number of halogens is 1. The van der Waals surface area contributed by atoms with Crippen LogP contribution in [0.3, 0.4) is 0 Å². The lowest BCUT2D eigenvalue weighted by atomic mass is 10.0. The lowest BCUT2D eigenvalue weighted by Crippen LogP contribution is -2.30. The van der Waals surface area contributed by atoms with Gasteiger partial charge in [-0.05, 0) is 43.2 Å². The first kappa shape index (κ1) is 13.7. The first-order valence-electron chi connectivity index (χ1n) is 6.43. The van der Waals surface area contributed by atoms with Crippen LogP contribution in [0.4, 0.5) is 5.69 Å². The molecule has 1 amide bonds. The number of hydrogen-bond donors (Lipinski definition) is 0. The fraction of sp³-hybridized carbons (Fsp3) is 0.200. The third kappa shape index (κ3) is 2.19. The molecule has 1 aliphatic rings. The minimum Gasteiger partial charge on any atom is -0.298 e. The maximum atomic E-state index is 12.2. The van der Waals surface area contributed by atoms with Gasteiger partial charge < -0.3 is 0 Å². The van der Waals surface area contributed by atoms with E-state index in [9.17, 15) is 9.59 Å². The van der Waals surface area contributed by atoms with E-state index in [1.807, 2.05) is 19.9 Å². The second kappa shape index (κ2) is 4.93. The van der Waals surface area contributed by atoms with Crippen molar-refractivity contribution in [1.29, 1.82) is 0 Å². The fourth-order valence-corrected chi connectivity index (χ4v) is 2.51. The summed E-state index contributed by atoms with van der Waals surface area (Å²) in [6.45, 7) is 4.05. The van der Waals surface area contributed by atoms with E-state index in [1.54, 1.807) is 18.2 Å². The number of carbonyl (C=O) groups excluding carboxylic acids is 2. The SMILES string of the molecule is Cc1ccc2c(c1C)N(Cc1ccc(Cl)nn1)C(=O)C2=O. The zero-order chi connectivity index (χ0) is 15.1. The summed E-state index contributed by atoms with van der Waals surface area (Å²) in [6, 6.07) is 6.85. The quantitative estimate of drug-likeness (QED) is 0.799. The Hall–Kier alpha value is -2.27. The first-order valence-corrected chi connectivity index (χ1v) is 6.81. The molecule has 0 saturated heterocycles. The highest BCUT2D eigenvalue weighted by molar-refractivity contribution is 6.52. The van der Waals surface area contributed by atoms with Crippen molar-refractivity contribution in [2.24, 2.45) is 0 Å². The Bertz CT molecular complexity index is 756. The predicted molar refractivity (Wildman–Crippen MR) is 78.5 cm³/mol. The van der Waals surface area contributed by atoms with Crippen LogP contribution in [0, 0.1) is 13.8 Å². The Balaban J connectivity index is 2.04. The number of aryl methyl sites for hydroxylation is 1. The summed E-state index contributed by atoms with van der Waals surface area (Å²) in [5.74, 6) is -1.01. The molecule has 0 aliphatic carbocycles. The molecule has 3 rings (SSSR count). The topological polar surface area (TPSA) is 63.2 Å². The molecule has 5 nitrogen and oxygen atoms in total. The molecule has 0 radical (unpaired) electrons. The summed E-state index contributed by atoms with van der Waals surface area (Å²) < 4.78 is 0. The Morgan fingerprint density at radius 1 is 1.10 bits per heavy atom. The van der Waals surface area contributed by atoms with Crippen LogP contribution in [0.1, 0.15) is 27.2 Å². The van der Waals surface area contributed by atoms with Gasteiger partial charge >= 0.3 is 0 Å². The van der Waals surface area contributed by atoms with Crippen molar-refractivity contribution in [2.75, 3.05) is 4.90 Å². The van der Waals surface area contributed by atoms with Gasteiger partial charge in [0.2, 0.25) is 0 Å². The van der Waals surface area contributed by atoms with Crippen LogP contribution < -0.4 is 4.90 Å². The molecule has 106 valence electrons. The number of fused-ring (bicyclic) bond motifs is 1. The second-order valence-corrected chi connectivity index (χ2v) is 5.36. The van der Waals surface area contributed by atoms with Gasteiger partial charge in [-0.3, -0.25) is 14.5 Å². The fourth-order valence-electron chi connectivity index (χ4n) is 2.41. The average Bonchev–Trinajstić information content (AvgIpc) is 2.71. The predicted octanol–water partition coefficient (Wildman–Crippen LogP) is 2.48. The van der Waals surface area contributed by atoms with Gasteiger partial charge in [0.15, 0.2) is 5.15 Å². The van der Waals surface area contributed by atoms with Gasteiger partial charge in [-0.25, -0.2) is 0 Å². The number of amides is 1. The highest BCUT2D eigenvalue weighted by Crippen LogP contribution is 2.34. The van der Waals surface area contributed by atoms with Crippen molar-refractivity contribution in [3.63, 3.8) is 0 Å². The number of Topliss-reactive ketones (excluding diaryl/α,β-unsaturated/α-hetero) is 1. The summed E-state index contributed by atoms with van der Waals surface area (Å²) in [5, 5.41) is 7.98. The number of nitrogens with zero attached hydrogens (tertiary/aromatic N) is 3. The van der Waals surface area contributed by atoms with Gasteiger partial charge in [0.1, 0.15) is 0 Å². The maximum Gasteiger partial charge on any atom is 0.299 e. The average molecular weight is 302 g/mol. The van der Waals surface area contributed by atoms with Crippen LogP contribution in [0.15, 0.2) is 24.3 Å². The molecule has 0 spiro atoms. The number of carbonyl (C=O) groups is 2. The van der Waals surface area contributed by atoms with Crippen molar-refractivity contribution in [1.82, 2.24) is 10.2 Å². The number of hydrogen-bond acceptors (Lipinski definition) is 4. The smallest absolute Gasteiger partial charge is 0.298 e. The maximum absolute atomic E-state index is 12.2. The van der Waals surface area contributed by atoms with Gasteiger partial charge in [0.05, 0.1) is 23.5 Å². The Morgan fingerprint density at radius 3 is 2.52 bits per heavy atom. The van der Waals surface area contributed by atoms with E-state index < -0.39 is 11.7 Å². The molecule has 2 aromatic rings. The van der Waals surface area contributed by atoms with Crippen molar-refractivity contribution in [3.8, 4) is 0 Å². The third-order valence-electron chi connectivity index (χ3n) is 3.66. The molecule has 21 heavy (non-hydrogen) atoms. The Morgan fingerprint density at radius 2 is 1.86 bits per heavy atom.